The van der Waals surface area contributed by atoms with Gasteiger partial charge in [0.15, 0.2) is 11.6 Å². The summed E-state index contributed by atoms with van der Waals surface area (Å²) in [6.07, 6.45) is -1.03. The van der Waals surface area contributed by atoms with Crippen LogP contribution in [0.15, 0.2) is 65.1 Å². The molecule has 0 bridgehead atoms. The number of ketones is 2. The summed E-state index contributed by atoms with van der Waals surface area (Å²) in [6, 6.07) is 11.6. The molecule has 4 rings (SSSR count). The maximum atomic E-state index is 14.5. The van der Waals surface area contributed by atoms with E-state index < -0.39 is 77.6 Å². The Kier molecular flexibility index (Phi) is 5.45. The van der Waals surface area contributed by atoms with E-state index in [-0.39, 0.29) is 49.7 Å². The lowest BCUT2D eigenvalue weighted by Crippen LogP contribution is -2.35. The molecule has 0 aliphatic heterocycles. The maximum absolute atomic E-state index is 14.5. The second kappa shape index (κ2) is 11.2. The van der Waals surface area contributed by atoms with Crippen LogP contribution in [0.2, 0.25) is 0 Å². The molecule has 0 saturated carbocycles. The molecule has 3 aromatic carbocycles. The molecule has 0 aliphatic carbocycles. The Bertz CT molecular complexity index is 2020. The van der Waals surface area contributed by atoms with Gasteiger partial charge in [0.25, 0.3) is 0 Å². The molecular weight excluding hydrogens is 555 g/mol. The largest absolute Gasteiger partial charge is 0.455 e. The van der Waals surface area contributed by atoms with Crippen LogP contribution in [0, 0.1) is 11.2 Å². The summed E-state index contributed by atoms with van der Waals surface area (Å²) in [5, 5.41) is 0.0422. The average molecular weight is 595 g/mol. The Hall–Kier alpha value is -3.92. The first-order chi connectivity index (χ1) is 22.9. The van der Waals surface area contributed by atoms with E-state index in [2.05, 4.69) is 0 Å². The first-order valence-corrected chi connectivity index (χ1v) is 14.0. The molecule has 6 nitrogen and oxygen atoms in total. The van der Waals surface area contributed by atoms with Crippen LogP contribution in [-0.4, -0.2) is 32.8 Å². The quantitative estimate of drug-likeness (QED) is 0.144. The number of furan rings is 1. The summed E-state index contributed by atoms with van der Waals surface area (Å²) in [5.41, 5.74) is -4.94. The highest BCUT2D eigenvalue weighted by Crippen LogP contribution is 2.43. The zero-order valence-corrected chi connectivity index (χ0v) is 22.6. The van der Waals surface area contributed by atoms with E-state index in [9.17, 15) is 31.2 Å². The van der Waals surface area contributed by atoms with Gasteiger partial charge in [-0.2, -0.15) is 8.78 Å². The number of sulfonamides is 1. The molecule has 1 heterocycles. The number of carbonyl (C=O) groups excluding carboxylic acids is 2. The van der Waals surface area contributed by atoms with E-state index in [1.54, 1.807) is 6.92 Å². The topological polar surface area (TPSA) is 84.7 Å². The van der Waals surface area contributed by atoms with Crippen molar-refractivity contribution in [3.63, 3.8) is 0 Å². The first kappa shape index (κ1) is 20.0. The average Bonchev–Trinajstić information content (AvgIpc) is 3.35. The zero-order valence-electron chi connectivity index (χ0n) is 30.8. The molecule has 0 aliphatic rings. The lowest BCUT2D eigenvalue weighted by atomic mass is 9.87. The Morgan fingerprint density at radius 2 is 1.68 bits per heavy atom. The second-order valence-corrected chi connectivity index (χ2v) is 11.2. The van der Waals surface area contributed by atoms with Crippen molar-refractivity contribution in [2.24, 2.45) is 5.41 Å². The number of Topliss-reactive ketones (excluding diaryl/α,β-unsaturated/α-hetero) is 2. The number of hydrogen-bond donors (Lipinski definition) is 0. The van der Waals surface area contributed by atoms with Crippen LogP contribution >= 0.6 is 0 Å². The molecule has 0 saturated heterocycles. The fourth-order valence-electron chi connectivity index (χ4n) is 4.44. The number of rotatable bonds is 9. The molecule has 4 aromatic rings. The van der Waals surface area contributed by atoms with E-state index >= 15 is 0 Å². The summed E-state index contributed by atoms with van der Waals surface area (Å²) in [6.45, 7) is -13.1. The number of carbonyl (C=O) groups is 2. The molecule has 0 spiro atoms. The van der Waals surface area contributed by atoms with Crippen molar-refractivity contribution in [2.75, 3.05) is 10.6 Å². The van der Waals surface area contributed by atoms with Gasteiger partial charge in [0, 0.05) is 53.3 Å². The molecule has 0 N–H and O–H groups in total. The summed E-state index contributed by atoms with van der Waals surface area (Å²) >= 11 is 0. The predicted molar refractivity (Wildman–Crippen MR) is 153 cm³/mol. The smallest absolute Gasteiger partial charge is 0.327 e. The third kappa shape index (κ3) is 6.37. The molecule has 0 unspecified atom stereocenters. The first-order valence-electron chi connectivity index (χ1n) is 16.7. The lowest BCUT2D eigenvalue weighted by molar-refractivity contribution is 0.0938. The van der Waals surface area contributed by atoms with Crippen LogP contribution in [0.5, 0.6) is 0 Å². The number of halogens is 3. The monoisotopic (exact) mass is 594 g/mol. The molecule has 10 heteroatoms. The number of anilines is 1. The van der Waals surface area contributed by atoms with Gasteiger partial charge in [0.05, 0.1) is 17.5 Å². The molecule has 0 amide bonds. The molecular formula is C31H30F3NO5S. The van der Waals surface area contributed by atoms with Gasteiger partial charge in [-0.1, -0.05) is 45.7 Å². The number of nitrogens with zero attached hydrogens (tertiary/aromatic N) is 1. The maximum Gasteiger partial charge on any atom is 0.327 e. The van der Waals surface area contributed by atoms with Crippen LogP contribution < -0.4 is 4.31 Å². The van der Waals surface area contributed by atoms with Crippen molar-refractivity contribution >= 4 is 38.2 Å². The number of benzene rings is 3. The van der Waals surface area contributed by atoms with Crippen LogP contribution in [0.1, 0.15) is 73.4 Å². The Balaban J connectivity index is 2.04. The van der Waals surface area contributed by atoms with Crippen LogP contribution in [0.4, 0.5) is 18.9 Å². The van der Waals surface area contributed by atoms with Gasteiger partial charge in [-0.05, 0) is 47.4 Å². The van der Waals surface area contributed by atoms with Crippen molar-refractivity contribution in [3.8, 4) is 22.5 Å². The normalized spacial score (nSPS) is 16.4. The highest BCUT2D eigenvalue weighted by molar-refractivity contribution is 7.92. The number of fused-ring (bicyclic) bond motifs is 1. The van der Waals surface area contributed by atoms with Gasteiger partial charge in [-0.25, -0.2) is 17.1 Å². The van der Waals surface area contributed by atoms with Gasteiger partial charge in [-0.3, -0.25) is 9.59 Å². The minimum atomic E-state index is -4.72. The van der Waals surface area contributed by atoms with Crippen molar-refractivity contribution in [2.45, 2.75) is 46.9 Å². The Morgan fingerprint density at radius 3 is 2.27 bits per heavy atom. The minimum absolute atomic E-state index is 0.0325. The second-order valence-electron chi connectivity index (χ2n) is 9.38. The summed E-state index contributed by atoms with van der Waals surface area (Å²) in [5.74, 6) is -2.36. The molecule has 0 radical (unpaired) electrons. The highest BCUT2D eigenvalue weighted by Gasteiger charge is 2.32. The van der Waals surface area contributed by atoms with E-state index in [0.717, 1.165) is 30.3 Å². The van der Waals surface area contributed by atoms with Crippen molar-refractivity contribution in [3.05, 3.63) is 77.6 Å². The molecule has 1 aromatic heterocycles. The van der Waals surface area contributed by atoms with E-state index in [1.807, 2.05) is 0 Å². The van der Waals surface area contributed by atoms with Gasteiger partial charge < -0.3 is 4.42 Å². The standard InChI is InChI=1S/C31H30F3NO5S/c1-6-25(36)28-23-15-22(19-8-7-9-20(14-19)26(37)17-31(2,3)4)24(35(30(33)34)41(5,38)39)16-27(23)40-29(28)18-10-12-21(32)13-11-18/h7-16,30H,6,17H2,1-5H3/i2D3,3D3,4D3. The Labute approximate surface area is 249 Å². The van der Waals surface area contributed by atoms with Crippen LogP contribution in [-0.2, 0) is 10.0 Å². The highest BCUT2D eigenvalue weighted by atomic mass is 32.2. The minimum Gasteiger partial charge on any atom is -0.455 e. The van der Waals surface area contributed by atoms with E-state index in [0.29, 0.717) is 6.26 Å². The summed E-state index contributed by atoms with van der Waals surface area (Å²) in [7, 11) is -4.72. The van der Waals surface area contributed by atoms with Gasteiger partial charge in [-0.15, -0.1) is 0 Å². The fourth-order valence-corrected chi connectivity index (χ4v) is 5.23. The lowest BCUT2D eigenvalue weighted by Gasteiger charge is -2.24. The molecule has 0 atom stereocenters. The van der Waals surface area contributed by atoms with Crippen LogP contribution in [0.3, 0.4) is 0 Å². The predicted octanol–water partition coefficient (Wildman–Crippen LogP) is 8.11. The zero-order chi connectivity index (χ0) is 37.8. The van der Waals surface area contributed by atoms with Gasteiger partial charge in [0.1, 0.15) is 17.2 Å². The van der Waals surface area contributed by atoms with Gasteiger partial charge >= 0.3 is 6.55 Å². The van der Waals surface area contributed by atoms with Crippen molar-refractivity contribution in [1.82, 2.24) is 0 Å². The van der Waals surface area contributed by atoms with Gasteiger partial charge in [0.2, 0.25) is 10.0 Å². The SMILES string of the molecule is [2H]C([2H])([2H])C(CC(=O)c1cccc(-c2cc3c(C(=O)CC)c(-c4ccc(F)cc4)oc3cc2N(C(F)F)S(C)(=O)=O)c1)(C([2H])([2H])[2H])C([2H])([2H])[2H]. The number of hydrogen-bond acceptors (Lipinski definition) is 5. The Morgan fingerprint density at radius 1 is 1.00 bits per heavy atom. The fraction of sp³-hybridized carbons (Fsp3) is 0.290. The molecule has 41 heavy (non-hydrogen) atoms. The third-order valence-electron chi connectivity index (χ3n) is 6.21. The van der Waals surface area contributed by atoms with Crippen molar-refractivity contribution < 1.29 is 47.9 Å². The third-order valence-corrected chi connectivity index (χ3v) is 7.28. The van der Waals surface area contributed by atoms with Crippen molar-refractivity contribution in [1.29, 1.82) is 0 Å². The van der Waals surface area contributed by atoms with E-state index in [4.69, 9.17) is 16.8 Å². The summed E-state index contributed by atoms with van der Waals surface area (Å²) < 4.78 is 144. The van der Waals surface area contributed by atoms with Crippen LogP contribution in [0.25, 0.3) is 33.4 Å². The van der Waals surface area contributed by atoms with E-state index in [1.165, 1.54) is 30.3 Å². The molecule has 216 valence electrons. The summed E-state index contributed by atoms with van der Waals surface area (Å²) in [4.78, 5) is 26.8. The number of alkyl halides is 2. The molecule has 0 fully saturated rings.